The first-order chi connectivity index (χ1) is 7.26. The summed E-state index contributed by atoms with van der Waals surface area (Å²) in [5.74, 6) is 0. The normalized spacial score (nSPS) is 16.3. The van der Waals surface area contributed by atoms with Crippen LogP contribution in [0.2, 0.25) is 18.1 Å². The molecule has 3 nitrogen and oxygen atoms in total. The van der Waals surface area contributed by atoms with Crippen molar-refractivity contribution in [2.75, 3.05) is 26.7 Å². The van der Waals surface area contributed by atoms with Crippen LogP contribution in [0.4, 0.5) is 0 Å². The molecule has 0 fully saturated rings. The molecule has 4 heteroatoms. The first-order valence-electron chi connectivity index (χ1n) is 6.05. The summed E-state index contributed by atoms with van der Waals surface area (Å²) >= 11 is 0. The van der Waals surface area contributed by atoms with E-state index in [1.54, 1.807) is 0 Å². The van der Waals surface area contributed by atoms with Crippen LogP contribution in [0, 0.1) is 0 Å². The summed E-state index contributed by atoms with van der Waals surface area (Å²) in [6.45, 7) is 7.79. The molecule has 0 saturated carbocycles. The standard InChI is InChI=1S/C11H24N2OSi/c1-4-15(5-2,14-3)10-6-8-13-9-7-12-11-13/h11H,4-10H2,1-3H3. The molecule has 0 amide bonds. The summed E-state index contributed by atoms with van der Waals surface area (Å²) in [5, 5.41) is 0. The van der Waals surface area contributed by atoms with Crippen LogP contribution in [0.25, 0.3) is 0 Å². The lowest BCUT2D eigenvalue weighted by molar-refractivity contribution is 0.384. The molecule has 0 bridgehead atoms. The molecule has 0 spiro atoms. The second-order valence-electron chi connectivity index (χ2n) is 4.26. The van der Waals surface area contributed by atoms with Gasteiger partial charge in [-0.2, -0.15) is 0 Å². The highest BCUT2D eigenvalue weighted by atomic mass is 28.4. The van der Waals surface area contributed by atoms with Crippen LogP contribution < -0.4 is 0 Å². The van der Waals surface area contributed by atoms with Crippen LogP contribution in [0.5, 0.6) is 0 Å². The molecule has 0 unspecified atom stereocenters. The Hall–Kier alpha value is -0.353. The van der Waals surface area contributed by atoms with Crippen LogP contribution in [0.3, 0.4) is 0 Å². The van der Waals surface area contributed by atoms with Gasteiger partial charge < -0.3 is 9.33 Å². The summed E-state index contributed by atoms with van der Waals surface area (Å²) in [5.41, 5.74) is 0. The van der Waals surface area contributed by atoms with E-state index in [2.05, 4.69) is 23.7 Å². The van der Waals surface area contributed by atoms with Gasteiger partial charge in [0.25, 0.3) is 0 Å². The molecule has 0 aromatic carbocycles. The summed E-state index contributed by atoms with van der Waals surface area (Å²) < 4.78 is 5.79. The van der Waals surface area contributed by atoms with Crippen molar-refractivity contribution in [3.63, 3.8) is 0 Å². The zero-order valence-electron chi connectivity index (χ0n) is 10.3. The van der Waals surface area contributed by atoms with Crippen LogP contribution in [-0.4, -0.2) is 46.3 Å². The highest BCUT2D eigenvalue weighted by Crippen LogP contribution is 2.22. The maximum absolute atomic E-state index is 5.79. The second-order valence-corrected chi connectivity index (χ2v) is 8.94. The number of nitrogens with zero attached hydrogens (tertiary/aromatic N) is 2. The fraction of sp³-hybridized carbons (Fsp3) is 0.909. The fourth-order valence-electron chi connectivity index (χ4n) is 2.19. The number of hydrogen-bond donors (Lipinski definition) is 0. The van der Waals surface area contributed by atoms with Crippen molar-refractivity contribution in [3.05, 3.63) is 0 Å². The van der Waals surface area contributed by atoms with Gasteiger partial charge in [-0.3, -0.25) is 4.99 Å². The van der Waals surface area contributed by atoms with Gasteiger partial charge in [-0.25, -0.2) is 0 Å². The Kier molecular flexibility index (Phi) is 5.32. The van der Waals surface area contributed by atoms with Gasteiger partial charge in [0, 0.05) is 20.2 Å². The zero-order valence-corrected chi connectivity index (χ0v) is 11.3. The average Bonchev–Trinajstić information content (AvgIpc) is 2.78. The first kappa shape index (κ1) is 12.7. The average molecular weight is 228 g/mol. The molecule has 0 aliphatic carbocycles. The molecular weight excluding hydrogens is 204 g/mol. The molecule has 0 N–H and O–H groups in total. The maximum atomic E-state index is 5.79. The van der Waals surface area contributed by atoms with E-state index in [1.807, 2.05) is 13.4 Å². The second kappa shape index (κ2) is 6.28. The number of aliphatic imine (C=N–C) groups is 1. The van der Waals surface area contributed by atoms with Crippen molar-refractivity contribution in [2.24, 2.45) is 4.99 Å². The molecular formula is C11H24N2OSi. The van der Waals surface area contributed by atoms with Crippen molar-refractivity contribution < 1.29 is 4.43 Å². The van der Waals surface area contributed by atoms with Crippen LogP contribution >= 0.6 is 0 Å². The molecule has 1 aliphatic rings. The predicted octanol–water partition coefficient (Wildman–Crippen LogP) is 2.35. The lowest BCUT2D eigenvalue weighted by atomic mass is 10.4. The zero-order chi connectivity index (χ0) is 11.1. The van der Waals surface area contributed by atoms with Crippen molar-refractivity contribution in [1.29, 1.82) is 0 Å². The Morgan fingerprint density at radius 2 is 2.13 bits per heavy atom. The Balaban J connectivity index is 2.24. The summed E-state index contributed by atoms with van der Waals surface area (Å²) in [6.07, 6.45) is 3.25. The molecule has 1 rings (SSSR count). The molecule has 15 heavy (non-hydrogen) atoms. The third kappa shape index (κ3) is 3.61. The minimum Gasteiger partial charge on any atom is -0.420 e. The summed E-state index contributed by atoms with van der Waals surface area (Å²) in [7, 11) is 0.539. The molecule has 0 radical (unpaired) electrons. The van der Waals surface area contributed by atoms with E-state index >= 15 is 0 Å². The van der Waals surface area contributed by atoms with Crippen LogP contribution in [0.1, 0.15) is 20.3 Å². The van der Waals surface area contributed by atoms with Crippen LogP contribution in [-0.2, 0) is 4.43 Å². The van der Waals surface area contributed by atoms with E-state index in [-0.39, 0.29) is 0 Å². The van der Waals surface area contributed by atoms with E-state index in [0.29, 0.717) is 0 Å². The summed E-state index contributed by atoms with van der Waals surface area (Å²) in [6, 6.07) is 3.78. The Morgan fingerprint density at radius 3 is 2.60 bits per heavy atom. The van der Waals surface area contributed by atoms with E-state index in [9.17, 15) is 0 Å². The fourth-order valence-corrected chi connectivity index (χ4v) is 4.98. The lowest BCUT2D eigenvalue weighted by Gasteiger charge is -2.28. The van der Waals surface area contributed by atoms with E-state index in [4.69, 9.17) is 4.43 Å². The monoisotopic (exact) mass is 228 g/mol. The maximum Gasteiger partial charge on any atom is 0.191 e. The third-order valence-corrected chi connectivity index (χ3v) is 8.27. The molecule has 88 valence electrons. The molecule has 0 aromatic heterocycles. The molecule has 0 saturated heterocycles. The molecule has 1 aliphatic heterocycles. The lowest BCUT2D eigenvalue weighted by Crippen LogP contribution is -2.36. The SMILES string of the molecule is CC[Si](CC)(CCCN1C=NCC1)OC. The highest BCUT2D eigenvalue weighted by molar-refractivity contribution is 6.73. The minimum atomic E-state index is -1.36. The number of rotatable bonds is 7. The quantitative estimate of drug-likeness (QED) is 0.625. The van der Waals surface area contributed by atoms with Gasteiger partial charge in [-0.15, -0.1) is 0 Å². The van der Waals surface area contributed by atoms with Crippen molar-refractivity contribution >= 4 is 14.7 Å². The minimum absolute atomic E-state index is 0.981. The van der Waals surface area contributed by atoms with Gasteiger partial charge in [-0.05, 0) is 24.6 Å². The molecule has 0 aromatic rings. The van der Waals surface area contributed by atoms with Gasteiger partial charge in [0.1, 0.15) is 0 Å². The van der Waals surface area contributed by atoms with Crippen molar-refractivity contribution in [2.45, 2.75) is 38.4 Å². The Labute approximate surface area is 94.7 Å². The number of hydrogen-bond acceptors (Lipinski definition) is 3. The van der Waals surface area contributed by atoms with Gasteiger partial charge in [0.2, 0.25) is 0 Å². The van der Waals surface area contributed by atoms with Gasteiger partial charge in [0.15, 0.2) is 8.32 Å². The topological polar surface area (TPSA) is 24.8 Å². The molecule has 1 heterocycles. The first-order valence-corrected chi connectivity index (χ1v) is 8.58. The largest absolute Gasteiger partial charge is 0.420 e. The summed E-state index contributed by atoms with van der Waals surface area (Å²) in [4.78, 5) is 6.54. The van der Waals surface area contributed by atoms with Gasteiger partial charge in [-0.1, -0.05) is 13.8 Å². The van der Waals surface area contributed by atoms with Crippen LogP contribution in [0.15, 0.2) is 4.99 Å². The molecule has 0 atom stereocenters. The highest BCUT2D eigenvalue weighted by Gasteiger charge is 2.28. The smallest absolute Gasteiger partial charge is 0.191 e. The Morgan fingerprint density at radius 1 is 1.40 bits per heavy atom. The predicted molar refractivity (Wildman–Crippen MR) is 68.1 cm³/mol. The van der Waals surface area contributed by atoms with E-state index in [1.165, 1.54) is 24.6 Å². The van der Waals surface area contributed by atoms with Gasteiger partial charge in [0.05, 0.1) is 12.9 Å². The third-order valence-electron chi connectivity index (χ3n) is 3.56. The van der Waals surface area contributed by atoms with E-state index < -0.39 is 8.32 Å². The van der Waals surface area contributed by atoms with Crippen molar-refractivity contribution in [3.8, 4) is 0 Å². The Bertz CT molecular complexity index is 196. The van der Waals surface area contributed by atoms with Gasteiger partial charge >= 0.3 is 0 Å². The van der Waals surface area contributed by atoms with Crippen molar-refractivity contribution in [1.82, 2.24) is 4.90 Å². The van der Waals surface area contributed by atoms with E-state index in [0.717, 1.165) is 19.6 Å².